The molecule has 0 aliphatic rings. The summed E-state index contributed by atoms with van der Waals surface area (Å²) >= 11 is 0. The fraction of sp³-hybridized carbons (Fsp3) is 0.429. The predicted molar refractivity (Wildman–Crippen MR) is 138 cm³/mol. The number of aromatic nitrogens is 2. The minimum absolute atomic E-state index is 0.0495. The molecule has 3 rings (SSSR count). The van der Waals surface area contributed by atoms with Crippen molar-refractivity contribution in [3.8, 4) is 17.3 Å². The maximum atomic E-state index is 13.4. The summed E-state index contributed by atoms with van der Waals surface area (Å²) in [5.74, 6) is -0.749. The van der Waals surface area contributed by atoms with Crippen molar-refractivity contribution in [2.24, 2.45) is 0 Å². The number of amides is 1. The standard InChI is InChI=1S/C28H35N3O6/c1-18(2)36-22(19-11-9-8-10-12-19)17-35-25-21(15-20(16-30-25)24-29-13-14-34-24)23(32)31-28(6,7)26(33)37-27(3,4)5/h8-16,18,22H,17H2,1-7H3,(H,31,32). The molecule has 0 radical (unpaired) electrons. The Hall–Kier alpha value is -3.72. The van der Waals surface area contributed by atoms with Crippen LogP contribution in [-0.2, 0) is 14.3 Å². The van der Waals surface area contributed by atoms with Gasteiger partial charge in [0.15, 0.2) is 0 Å². The highest BCUT2D eigenvalue weighted by atomic mass is 16.6. The zero-order valence-corrected chi connectivity index (χ0v) is 22.4. The largest absolute Gasteiger partial charge is 0.474 e. The minimum Gasteiger partial charge on any atom is -0.474 e. The zero-order valence-electron chi connectivity index (χ0n) is 22.4. The van der Waals surface area contributed by atoms with E-state index in [9.17, 15) is 9.59 Å². The van der Waals surface area contributed by atoms with Crippen LogP contribution in [-0.4, -0.2) is 45.7 Å². The monoisotopic (exact) mass is 509 g/mol. The van der Waals surface area contributed by atoms with Crippen molar-refractivity contribution < 1.29 is 28.2 Å². The Morgan fingerprint density at radius 3 is 2.35 bits per heavy atom. The number of hydrogen-bond donors (Lipinski definition) is 1. The third-order valence-corrected chi connectivity index (χ3v) is 5.09. The second kappa shape index (κ2) is 11.6. The highest BCUT2D eigenvalue weighted by molar-refractivity contribution is 6.00. The lowest BCUT2D eigenvalue weighted by atomic mass is 10.0. The molecule has 1 N–H and O–H groups in total. The number of esters is 1. The van der Waals surface area contributed by atoms with E-state index in [1.54, 1.807) is 40.7 Å². The van der Waals surface area contributed by atoms with Crippen LogP contribution in [0, 0.1) is 0 Å². The highest BCUT2D eigenvalue weighted by Crippen LogP contribution is 2.27. The van der Waals surface area contributed by atoms with Gasteiger partial charge < -0.3 is 23.9 Å². The molecule has 9 heteroatoms. The lowest BCUT2D eigenvalue weighted by Gasteiger charge is -2.29. The summed E-state index contributed by atoms with van der Waals surface area (Å²) in [7, 11) is 0. The van der Waals surface area contributed by atoms with E-state index in [2.05, 4.69) is 15.3 Å². The summed E-state index contributed by atoms with van der Waals surface area (Å²) in [6, 6.07) is 11.2. The number of oxazole rings is 1. The van der Waals surface area contributed by atoms with Crippen LogP contribution < -0.4 is 10.1 Å². The summed E-state index contributed by atoms with van der Waals surface area (Å²) in [5.41, 5.74) is -0.486. The van der Waals surface area contributed by atoms with Gasteiger partial charge in [0.2, 0.25) is 11.8 Å². The lowest BCUT2D eigenvalue weighted by molar-refractivity contribution is -0.161. The van der Waals surface area contributed by atoms with E-state index in [-0.39, 0.29) is 30.3 Å². The van der Waals surface area contributed by atoms with Crippen molar-refractivity contribution in [3.63, 3.8) is 0 Å². The molecule has 9 nitrogen and oxygen atoms in total. The summed E-state index contributed by atoms with van der Waals surface area (Å²) in [6.45, 7) is 12.4. The van der Waals surface area contributed by atoms with E-state index >= 15 is 0 Å². The minimum atomic E-state index is -1.31. The maximum absolute atomic E-state index is 13.4. The number of benzene rings is 1. The molecule has 0 bridgehead atoms. The Kier molecular flexibility index (Phi) is 8.70. The Labute approximate surface area is 217 Å². The molecule has 37 heavy (non-hydrogen) atoms. The van der Waals surface area contributed by atoms with Gasteiger partial charge in [0.05, 0.1) is 17.9 Å². The number of nitrogens with one attached hydrogen (secondary N) is 1. The van der Waals surface area contributed by atoms with E-state index in [0.29, 0.717) is 11.5 Å². The van der Waals surface area contributed by atoms with Crippen molar-refractivity contribution >= 4 is 11.9 Å². The van der Waals surface area contributed by atoms with Gasteiger partial charge in [-0.2, -0.15) is 0 Å². The maximum Gasteiger partial charge on any atom is 0.331 e. The smallest absolute Gasteiger partial charge is 0.331 e. The number of pyridine rings is 1. The predicted octanol–water partition coefficient (Wildman–Crippen LogP) is 5.13. The summed E-state index contributed by atoms with van der Waals surface area (Å²) in [5, 5.41) is 2.74. The van der Waals surface area contributed by atoms with Gasteiger partial charge in [0.1, 0.15) is 35.7 Å². The first-order chi connectivity index (χ1) is 17.4. The van der Waals surface area contributed by atoms with Gasteiger partial charge in [0.25, 0.3) is 5.91 Å². The molecule has 2 aromatic heterocycles. The normalized spacial score (nSPS) is 12.8. The second-order valence-electron chi connectivity index (χ2n) is 10.4. The summed E-state index contributed by atoms with van der Waals surface area (Å²) in [6.07, 6.45) is 4.00. The number of ether oxygens (including phenoxy) is 3. The van der Waals surface area contributed by atoms with Crippen LogP contribution >= 0.6 is 0 Å². The Bertz CT molecular complexity index is 1180. The number of carbonyl (C=O) groups excluding carboxylic acids is 2. The van der Waals surface area contributed by atoms with E-state index in [4.69, 9.17) is 18.6 Å². The molecular weight excluding hydrogens is 474 g/mol. The van der Waals surface area contributed by atoms with E-state index in [1.807, 2.05) is 44.2 Å². The van der Waals surface area contributed by atoms with Crippen molar-refractivity contribution in [2.75, 3.05) is 6.61 Å². The van der Waals surface area contributed by atoms with Crippen molar-refractivity contribution in [1.29, 1.82) is 0 Å². The van der Waals surface area contributed by atoms with Gasteiger partial charge >= 0.3 is 5.97 Å². The molecule has 1 atom stereocenters. The highest BCUT2D eigenvalue weighted by Gasteiger charge is 2.35. The van der Waals surface area contributed by atoms with Gasteiger partial charge in [-0.15, -0.1) is 0 Å². The molecule has 0 spiro atoms. The zero-order chi connectivity index (χ0) is 27.2. The number of hydrogen-bond acceptors (Lipinski definition) is 8. The average molecular weight is 510 g/mol. The summed E-state index contributed by atoms with van der Waals surface area (Å²) < 4.78 is 22.9. The first kappa shape index (κ1) is 27.9. The fourth-order valence-corrected chi connectivity index (χ4v) is 3.39. The van der Waals surface area contributed by atoms with E-state index in [1.165, 1.54) is 18.7 Å². The van der Waals surface area contributed by atoms with Crippen molar-refractivity contribution in [2.45, 2.75) is 71.8 Å². The van der Waals surface area contributed by atoms with Gasteiger partial charge in [-0.1, -0.05) is 30.3 Å². The molecule has 0 saturated heterocycles. The Balaban J connectivity index is 1.89. The van der Waals surface area contributed by atoms with Crippen LogP contribution in [0.1, 0.15) is 70.5 Å². The molecule has 0 fully saturated rings. The molecule has 1 aromatic carbocycles. The average Bonchev–Trinajstić information content (AvgIpc) is 3.35. The molecule has 1 unspecified atom stereocenters. The Morgan fingerprint density at radius 2 is 1.76 bits per heavy atom. The fourth-order valence-electron chi connectivity index (χ4n) is 3.39. The van der Waals surface area contributed by atoms with Gasteiger partial charge in [-0.05, 0) is 60.1 Å². The molecule has 0 saturated carbocycles. The second-order valence-corrected chi connectivity index (χ2v) is 10.4. The van der Waals surface area contributed by atoms with Crippen molar-refractivity contribution in [1.82, 2.24) is 15.3 Å². The molecular formula is C28H35N3O6. The van der Waals surface area contributed by atoms with Crippen LogP contribution in [0.5, 0.6) is 5.88 Å². The number of carbonyl (C=O) groups is 2. The van der Waals surface area contributed by atoms with Gasteiger partial charge in [-0.25, -0.2) is 14.8 Å². The molecule has 0 aliphatic heterocycles. The quantitative estimate of drug-likeness (QED) is 0.374. The van der Waals surface area contributed by atoms with E-state index < -0.39 is 23.0 Å². The van der Waals surface area contributed by atoms with Crippen LogP contribution in [0.25, 0.3) is 11.5 Å². The van der Waals surface area contributed by atoms with Crippen LogP contribution in [0.2, 0.25) is 0 Å². The van der Waals surface area contributed by atoms with Crippen LogP contribution in [0.15, 0.2) is 59.5 Å². The van der Waals surface area contributed by atoms with Gasteiger partial charge in [0, 0.05) is 6.20 Å². The van der Waals surface area contributed by atoms with Gasteiger partial charge in [-0.3, -0.25) is 4.79 Å². The third-order valence-electron chi connectivity index (χ3n) is 5.09. The first-order valence-electron chi connectivity index (χ1n) is 12.1. The van der Waals surface area contributed by atoms with E-state index in [0.717, 1.165) is 5.56 Å². The molecule has 198 valence electrons. The molecule has 2 heterocycles. The molecule has 3 aromatic rings. The SMILES string of the molecule is CC(C)OC(COc1ncc(-c2ncco2)cc1C(=O)NC(C)(C)C(=O)OC(C)(C)C)c1ccccc1. The Morgan fingerprint density at radius 1 is 1.05 bits per heavy atom. The van der Waals surface area contributed by atoms with Crippen LogP contribution in [0.4, 0.5) is 0 Å². The first-order valence-corrected chi connectivity index (χ1v) is 12.1. The lowest BCUT2D eigenvalue weighted by Crippen LogP contribution is -2.52. The molecule has 0 aliphatic carbocycles. The van der Waals surface area contributed by atoms with Crippen LogP contribution in [0.3, 0.4) is 0 Å². The van der Waals surface area contributed by atoms with Crippen molar-refractivity contribution in [3.05, 3.63) is 66.2 Å². The number of nitrogens with zero attached hydrogens (tertiary/aromatic N) is 2. The summed E-state index contributed by atoms with van der Waals surface area (Å²) in [4.78, 5) is 34.7. The third kappa shape index (κ3) is 7.88. The molecule has 1 amide bonds. The topological polar surface area (TPSA) is 113 Å². The number of rotatable bonds is 10.